The van der Waals surface area contributed by atoms with Gasteiger partial charge in [-0.05, 0) is 6.92 Å². The largest absolute Gasteiger partial charge is 0.515 e. The van der Waals surface area contributed by atoms with E-state index in [4.69, 9.17) is 0 Å². The van der Waals surface area contributed by atoms with Crippen LogP contribution >= 0.6 is 0 Å². The van der Waals surface area contributed by atoms with Gasteiger partial charge in [0.2, 0.25) is 0 Å². The molecule has 0 unspecified atom stereocenters. The number of rotatable bonds is 3. The van der Waals surface area contributed by atoms with Crippen LogP contribution in [0.5, 0.6) is 0 Å². The number of hydrogen-bond donors (Lipinski definition) is 0. The third kappa shape index (κ3) is 5.11. The van der Waals surface area contributed by atoms with Gasteiger partial charge in [-0.3, -0.25) is 0 Å². The molecule has 0 saturated heterocycles. The molecule has 0 fully saturated rings. The van der Waals surface area contributed by atoms with Crippen molar-refractivity contribution in [2.45, 2.75) is 6.92 Å². The Hall–Kier alpha value is -1.03. The van der Waals surface area contributed by atoms with Gasteiger partial charge in [0.25, 0.3) is 0 Å². The molecule has 0 rings (SSSR count). The van der Waals surface area contributed by atoms with E-state index >= 15 is 0 Å². The standard InChI is InChI=1S/C6H10O4/c1-5(2)10-6(7)9-4-8-3/h1,4H2,2-3H3. The van der Waals surface area contributed by atoms with Crippen molar-refractivity contribution in [2.75, 3.05) is 13.9 Å². The zero-order chi connectivity index (χ0) is 7.98. The molecule has 4 nitrogen and oxygen atoms in total. The molecule has 0 heterocycles. The smallest absolute Gasteiger partial charge is 0.407 e. The first-order chi connectivity index (χ1) is 4.66. The average Bonchev–Trinajstić information content (AvgIpc) is 1.82. The van der Waals surface area contributed by atoms with Crippen LogP contribution in [0, 0.1) is 0 Å². The van der Waals surface area contributed by atoms with Crippen LogP contribution in [0.2, 0.25) is 0 Å². The minimum atomic E-state index is -0.797. The Morgan fingerprint density at radius 3 is 2.60 bits per heavy atom. The molecule has 0 saturated carbocycles. The Morgan fingerprint density at radius 1 is 1.60 bits per heavy atom. The van der Waals surface area contributed by atoms with Crippen molar-refractivity contribution < 1.29 is 19.0 Å². The number of methoxy groups -OCH3 is 1. The van der Waals surface area contributed by atoms with Gasteiger partial charge in [0.05, 0.1) is 0 Å². The highest BCUT2D eigenvalue weighted by Crippen LogP contribution is 1.93. The summed E-state index contributed by atoms with van der Waals surface area (Å²) in [6.45, 7) is 4.78. The van der Waals surface area contributed by atoms with Crippen LogP contribution in [0.15, 0.2) is 12.3 Å². The van der Waals surface area contributed by atoms with Gasteiger partial charge < -0.3 is 14.2 Å². The SMILES string of the molecule is C=C(C)OC(=O)OCOC. The highest BCUT2D eigenvalue weighted by molar-refractivity contribution is 5.60. The first kappa shape index (κ1) is 8.97. The molecule has 0 amide bonds. The molecule has 0 atom stereocenters. The molecule has 0 aromatic heterocycles. The molecule has 0 aliphatic heterocycles. The second kappa shape index (κ2) is 4.81. The van der Waals surface area contributed by atoms with Crippen molar-refractivity contribution in [2.24, 2.45) is 0 Å². The Morgan fingerprint density at radius 2 is 2.20 bits per heavy atom. The molecule has 0 aliphatic rings. The maximum Gasteiger partial charge on any atom is 0.515 e. The summed E-state index contributed by atoms with van der Waals surface area (Å²) < 4.78 is 13.2. The molecule has 10 heavy (non-hydrogen) atoms. The third-order valence-corrected chi connectivity index (χ3v) is 0.552. The fraction of sp³-hybridized carbons (Fsp3) is 0.500. The van der Waals surface area contributed by atoms with E-state index in [1.165, 1.54) is 7.11 Å². The minimum Gasteiger partial charge on any atom is -0.407 e. The molecule has 0 aromatic rings. The van der Waals surface area contributed by atoms with Gasteiger partial charge in [-0.2, -0.15) is 0 Å². The molecule has 0 N–H and O–H groups in total. The fourth-order valence-electron chi connectivity index (χ4n) is 0.279. The van der Waals surface area contributed by atoms with Crippen molar-refractivity contribution in [1.82, 2.24) is 0 Å². The Labute approximate surface area is 59.4 Å². The maximum absolute atomic E-state index is 10.4. The van der Waals surface area contributed by atoms with E-state index in [9.17, 15) is 4.79 Å². The molecular formula is C6H10O4. The summed E-state index contributed by atoms with van der Waals surface area (Å²) in [5.41, 5.74) is 0. The average molecular weight is 146 g/mol. The molecular weight excluding hydrogens is 136 g/mol. The lowest BCUT2D eigenvalue weighted by atomic mass is 10.7. The Bertz CT molecular complexity index is 130. The second-order valence-electron chi connectivity index (χ2n) is 1.60. The van der Waals surface area contributed by atoms with Gasteiger partial charge in [0, 0.05) is 7.11 Å². The van der Waals surface area contributed by atoms with Crippen LogP contribution in [0.3, 0.4) is 0 Å². The van der Waals surface area contributed by atoms with E-state index in [1.54, 1.807) is 6.92 Å². The molecule has 0 aliphatic carbocycles. The predicted molar refractivity (Wildman–Crippen MR) is 34.3 cm³/mol. The lowest BCUT2D eigenvalue weighted by Gasteiger charge is -2.02. The van der Waals surface area contributed by atoms with Gasteiger partial charge in [0.15, 0.2) is 6.79 Å². The van der Waals surface area contributed by atoms with Crippen LogP contribution in [0.1, 0.15) is 6.92 Å². The van der Waals surface area contributed by atoms with Crippen LogP contribution in [0.4, 0.5) is 4.79 Å². The zero-order valence-electron chi connectivity index (χ0n) is 6.05. The van der Waals surface area contributed by atoms with Crippen molar-refractivity contribution in [1.29, 1.82) is 0 Å². The van der Waals surface area contributed by atoms with Crippen LogP contribution in [-0.4, -0.2) is 20.1 Å². The third-order valence-electron chi connectivity index (χ3n) is 0.552. The Kier molecular flexibility index (Phi) is 4.32. The van der Waals surface area contributed by atoms with Crippen molar-refractivity contribution in [3.63, 3.8) is 0 Å². The minimum absolute atomic E-state index is 0.105. The quantitative estimate of drug-likeness (QED) is 0.342. The lowest BCUT2D eigenvalue weighted by molar-refractivity contribution is -0.0167. The second-order valence-corrected chi connectivity index (χ2v) is 1.60. The number of carbonyl (C=O) groups excluding carboxylic acids is 1. The highest BCUT2D eigenvalue weighted by atomic mass is 16.8. The summed E-state index contributed by atoms with van der Waals surface area (Å²) in [6, 6.07) is 0. The number of carbonyl (C=O) groups is 1. The summed E-state index contributed by atoms with van der Waals surface area (Å²) in [7, 11) is 1.41. The van der Waals surface area contributed by atoms with Crippen molar-refractivity contribution >= 4 is 6.16 Å². The van der Waals surface area contributed by atoms with E-state index < -0.39 is 6.16 Å². The van der Waals surface area contributed by atoms with Gasteiger partial charge in [-0.15, -0.1) is 0 Å². The van der Waals surface area contributed by atoms with Crippen molar-refractivity contribution in [3.05, 3.63) is 12.3 Å². The van der Waals surface area contributed by atoms with Gasteiger partial charge >= 0.3 is 6.16 Å². The van der Waals surface area contributed by atoms with Crippen LogP contribution in [0.25, 0.3) is 0 Å². The summed E-state index contributed by atoms with van der Waals surface area (Å²) in [6.07, 6.45) is -0.797. The number of ether oxygens (including phenoxy) is 3. The van der Waals surface area contributed by atoms with E-state index in [2.05, 4.69) is 20.8 Å². The summed E-state index contributed by atoms with van der Waals surface area (Å²) in [5.74, 6) is 0.293. The fourth-order valence-corrected chi connectivity index (χ4v) is 0.279. The van der Waals surface area contributed by atoms with Gasteiger partial charge in [-0.25, -0.2) is 4.79 Å². The van der Waals surface area contributed by atoms with Gasteiger partial charge in [-0.1, -0.05) is 6.58 Å². The van der Waals surface area contributed by atoms with Gasteiger partial charge in [0.1, 0.15) is 5.76 Å². The van der Waals surface area contributed by atoms with Crippen molar-refractivity contribution in [3.8, 4) is 0 Å². The molecule has 4 heteroatoms. The molecule has 0 aromatic carbocycles. The first-order valence-electron chi connectivity index (χ1n) is 2.66. The summed E-state index contributed by atoms with van der Waals surface area (Å²) in [4.78, 5) is 10.4. The summed E-state index contributed by atoms with van der Waals surface area (Å²) in [5, 5.41) is 0. The molecule has 58 valence electrons. The Balaban J connectivity index is 3.35. The van der Waals surface area contributed by atoms with E-state index in [0.29, 0.717) is 5.76 Å². The lowest BCUT2D eigenvalue weighted by Crippen LogP contribution is -2.07. The van der Waals surface area contributed by atoms with Crippen LogP contribution < -0.4 is 0 Å². The maximum atomic E-state index is 10.4. The first-order valence-corrected chi connectivity index (χ1v) is 2.66. The van der Waals surface area contributed by atoms with E-state index in [-0.39, 0.29) is 6.79 Å². The summed E-state index contributed by atoms with van der Waals surface area (Å²) >= 11 is 0. The molecule has 0 bridgehead atoms. The van der Waals surface area contributed by atoms with E-state index in [0.717, 1.165) is 0 Å². The van der Waals surface area contributed by atoms with Crippen LogP contribution in [-0.2, 0) is 14.2 Å². The molecule has 0 radical (unpaired) electrons. The topological polar surface area (TPSA) is 44.8 Å². The molecule has 0 spiro atoms. The number of allylic oxidation sites excluding steroid dienone is 1. The zero-order valence-corrected chi connectivity index (χ0v) is 6.05. The number of hydrogen-bond acceptors (Lipinski definition) is 4. The predicted octanol–water partition coefficient (Wildman–Crippen LogP) is 1.28. The monoisotopic (exact) mass is 146 g/mol. The van der Waals surface area contributed by atoms with E-state index in [1.807, 2.05) is 0 Å². The highest BCUT2D eigenvalue weighted by Gasteiger charge is 2.01. The normalized spacial score (nSPS) is 8.60.